The lowest BCUT2D eigenvalue weighted by Crippen LogP contribution is -2.47. The van der Waals surface area contributed by atoms with Crippen LogP contribution in [0.4, 0.5) is 10.5 Å². The molecule has 0 aliphatic carbocycles. The molecule has 0 spiro atoms. The molecule has 0 fully saturated rings. The van der Waals surface area contributed by atoms with Crippen LogP contribution in [-0.2, 0) is 0 Å². The summed E-state index contributed by atoms with van der Waals surface area (Å²) < 4.78 is 10.4. The summed E-state index contributed by atoms with van der Waals surface area (Å²) in [5, 5.41) is 5.83. The van der Waals surface area contributed by atoms with E-state index in [1.165, 1.54) is 0 Å². The van der Waals surface area contributed by atoms with Gasteiger partial charge < -0.3 is 20.1 Å². The summed E-state index contributed by atoms with van der Waals surface area (Å²) >= 11 is 0. The number of nitrogens with one attached hydrogen (secondary N) is 2. The van der Waals surface area contributed by atoms with E-state index in [0.29, 0.717) is 17.2 Å². The molecule has 0 aliphatic rings. The molecular formula is C17H28N2O3. The number of carbonyl (C=O) groups is 1. The zero-order valence-corrected chi connectivity index (χ0v) is 14.7. The Hall–Kier alpha value is -1.91. The van der Waals surface area contributed by atoms with Gasteiger partial charge in [-0.1, -0.05) is 20.8 Å². The van der Waals surface area contributed by atoms with Gasteiger partial charge in [0.1, 0.15) is 11.5 Å². The predicted molar refractivity (Wildman–Crippen MR) is 89.9 cm³/mol. The zero-order chi connectivity index (χ0) is 17.0. The lowest BCUT2D eigenvalue weighted by Gasteiger charge is -2.33. The summed E-state index contributed by atoms with van der Waals surface area (Å²) in [6.07, 6.45) is 0.868. The monoisotopic (exact) mass is 308 g/mol. The Bertz CT molecular complexity index is 519. The number of amides is 2. The highest BCUT2D eigenvalue weighted by Crippen LogP contribution is 2.30. The maximum absolute atomic E-state index is 12.2. The highest BCUT2D eigenvalue weighted by molar-refractivity contribution is 5.91. The molecule has 1 rings (SSSR count). The smallest absolute Gasteiger partial charge is 0.319 e. The van der Waals surface area contributed by atoms with Crippen LogP contribution < -0.4 is 20.1 Å². The van der Waals surface area contributed by atoms with Gasteiger partial charge in [-0.25, -0.2) is 4.79 Å². The van der Waals surface area contributed by atoms with E-state index in [4.69, 9.17) is 9.47 Å². The summed E-state index contributed by atoms with van der Waals surface area (Å²) in [7, 11) is 3.14. The number of benzene rings is 1. The molecule has 0 radical (unpaired) electrons. The first kappa shape index (κ1) is 18.1. The van der Waals surface area contributed by atoms with Gasteiger partial charge in [-0.2, -0.15) is 0 Å². The number of anilines is 1. The summed E-state index contributed by atoms with van der Waals surface area (Å²) in [6.45, 7) is 10.5. The topological polar surface area (TPSA) is 59.6 Å². The van der Waals surface area contributed by atoms with Crippen molar-refractivity contribution in [3.63, 3.8) is 0 Å². The lowest BCUT2D eigenvalue weighted by molar-refractivity contribution is 0.220. The molecule has 5 nitrogen and oxygen atoms in total. The van der Waals surface area contributed by atoms with Crippen molar-refractivity contribution in [1.29, 1.82) is 0 Å². The molecule has 124 valence electrons. The van der Waals surface area contributed by atoms with Gasteiger partial charge in [0.2, 0.25) is 0 Å². The maximum Gasteiger partial charge on any atom is 0.319 e. The molecule has 0 bridgehead atoms. The van der Waals surface area contributed by atoms with Gasteiger partial charge in [0.05, 0.1) is 19.9 Å². The van der Waals surface area contributed by atoms with Crippen LogP contribution in [-0.4, -0.2) is 25.8 Å². The Morgan fingerprint density at radius 2 is 1.73 bits per heavy atom. The quantitative estimate of drug-likeness (QED) is 0.863. The third kappa shape index (κ3) is 5.84. The molecule has 2 N–H and O–H groups in total. The van der Waals surface area contributed by atoms with Crippen LogP contribution in [0.25, 0.3) is 0 Å². The molecule has 0 unspecified atom stereocenters. The van der Waals surface area contributed by atoms with Crippen LogP contribution in [0.15, 0.2) is 18.2 Å². The third-order valence-electron chi connectivity index (χ3n) is 3.08. The molecule has 0 aliphatic heterocycles. The SMILES string of the molecule is COc1ccc(NC(=O)NC(C)(C)CC(C)(C)C)c(OC)c1. The standard InChI is InChI=1S/C17H28N2O3/c1-16(2,3)11-17(4,5)19-15(20)18-13-9-8-12(21-6)10-14(13)22-7/h8-10H,11H2,1-7H3,(H2,18,19,20). The molecule has 0 saturated carbocycles. The Labute approximate surface area is 133 Å². The zero-order valence-electron chi connectivity index (χ0n) is 14.7. The van der Waals surface area contributed by atoms with E-state index in [9.17, 15) is 4.79 Å². The second-order valence-electron chi connectivity index (χ2n) is 7.27. The predicted octanol–water partition coefficient (Wildman–Crippen LogP) is 4.04. The van der Waals surface area contributed by atoms with Gasteiger partial charge in [-0.15, -0.1) is 0 Å². The fourth-order valence-electron chi connectivity index (χ4n) is 2.73. The highest BCUT2D eigenvalue weighted by atomic mass is 16.5. The first-order valence-electron chi connectivity index (χ1n) is 7.37. The van der Waals surface area contributed by atoms with Gasteiger partial charge in [0.25, 0.3) is 0 Å². The number of urea groups is 1. The van der Waals surface area contributed by atoms with Crippen LogP contribution in [0.5, 0.6) is 11.5 Å². The molecule has 2 amide bonds. The minimum Gasteiger partial charge on any atom is -0.497 e. The summed E-state index contributed by atoms with van der Waals surface area (Å²) in [4.78, 5) is 12.2. The maximum atomic E-state index is 12.2. The summed E-state index contributed by atoms with van der Waals surface area (Å²) in [5.74, 6) is 1.24. The van der Waals surface area contributed by atoms with E-state index in [0.717, 1.165) is 6.42 Å². The van der Waals surface area contributed by atoms with E-state index in [1.54, 1.807) is 32.4 Å². The third-order valence-corrected chi connectivity index (χ3v) is 3.08. The van der Waals surface area contributed by atoms with Crippen LogP contribution >= 0.6 is 0 Å². The van der Waals surface area contributed by atoms with Crippen molar-refractivity contribution >= 4 is 11.7 Å². The minimum atomic E-state index is -0.304. The fourth-order valence-corrected chi connectivity index (χ4v) is 2.73. The highest BCUT2D eigenvalue weighted by Gasteiger charge is 2.27. The van der Waals surface area contributed by atoms with Gasteiger partial charge in [0.15, 0.2) is 0 Å². The largest absolute Gasteiger partial charge is 0.497 e. The molecule has 1 aromatic carbocycles. The first-order valence-corrected chi connectivity index (χ1v) is 7.37. The Morgan fingerprint density at radius 1 is 1.09 bits per heavy atom. The summed E-state index contributed by atoms with van der Waals surface area (Å²) in [6, 6.07) is 5.01. The van der Waals surface area contributed by atoms with Gasteiger partial charge in [-0.05, 0) is 37.8 Å². The van der Waals surface area contributed by atoms with Crippen LogP contribution in [0.1, 0.15) is 41.0 Å². The molecule has 5 heteroatoms. The molecule has 0 saturated heterocycles. The van der Waals surface area contributed by atoms with Gasteiger partial charge in [0, 0.05) is 11.6 Å². The average Bonchev–Trinajstić information content (AvgIpc) is 2.35. The second kappa shape index (κ2) is 6.90. The van der Waals surface area contributed by atoms with Crippen molar-refractivity contribution in [3.8, 4) is 11.5 Å². The van der Waals surface area contributed by atoms with E-state index in [2.05, 4.69) is 31.4 Å². The van der Waals surface area contributed by atoms with Gasteiger partial charge >= 0.3 is 6.03 Å². The molecule has 0 heterocycles. The number of carbonyl (C=O) groups excluding carboxylic acids is 1. The molecule has 0 atom stereocenters. The van der Waals surface area contributed by atoms with Crippen molar-refractivity contribution < 1.29 is 14.3 Å². The Balaban J connectivity index is 2.77. The van der Waals surface area contributed by atoms with Crippen molar-refractivity contribution in [2.24, 2.45) is 5.41 Å². The van der Waals surface area contributed by atoms with E-state index < -0.39 is 0 Å². The number of hydrogen-bond donors (Lipinski definition) is 2. The minimum absolute atomic E-state index is 0.134. The summed E-state index contributed by atoms with van der Waals surface area (Å²) in [5.41, 5.74) is 0.434. The van der Waals surface area contributed by atoms with E-state index in [1.807, 2.05) is 13.8 Å². The Morgan fingerprint density at radius 3 is 2.23 bits per heavy atom. The normalized spacial score (nSPS) is 11.8. The van der Waals surface area contributed by atoms with Crippen molar-refractivity contribution in [3.05, 3.63) is 18.2 Å². The van der Waals surface area contributed by atoms with Crippen molar-refractivity contribution in [1.82, 2.24) is 5.32 Å². The van der Waals surface area contributed by atoms with Crippen LogP contribution in [0.3, 0.4) is 0 Å². The number of ether oxygens (including phenoxy) is 2. The fraction of sp³-hybridized carbons (Fsp3) is 0.588. The van der Waals surface area contributed by atoms with E-state index >= 15 is 0 Å². The molecule has 22 heavy (non-hydrogen) atoms. The lowest BCUT2D eigenvalue weighted by atomic mass is 9.82. The molecule has 0 aromatic heterocycles. The van der Waals surface area contributed by atoms with Gasteiger partial charge in [-0.3, -0.25) is 0 Å². The first-order chi connectivity index (χ1) is 10.1. The number of rotatable bonds is 5. The molecular weight excluding hydrogens is 280 g/mol. The second-order valence-corrected chi connectivity index (χ2v) is 7.27. The number of methoxy groups -OCH3 is 2. The van der Waals surface area contributed by atoms with E-state index in [-0.39, 0.29) is 17.0 Å². The average molecular weight is 308 g/mol. The van der Waals surface area contributed by atoms with Crippen molar-refractivity contribution in [2.45, 2.75) is 46.6 Å². The van der Waals surface area contributed by atoms with Crippen LogP contribution in [0, 0.1) is 5.41 Å². The van der Waals surface area contributed by atoms with Crippen molar-refractivity contribution in [2.75, 3.05) is 19.5 Å². The number of hydrogen-bond acceptors (Lipinski definition) is 3. The van der Waals surface area contributed by atoms with Crippen LogP contribution in [0.2, 0.25) is 0 Å². The molecule has 1 aromatic rings. The Kier molecular flexibility index (Phi) is 5.69.